The van der Waals surface area contributed by atoms with Crippen LogP contribution < -0.4 is 10.1 Å². The van der Waals surface area contributed by atoms with Crippen molar-refractivity contribution in [1.29, 1.82) is 0 Å². The maximum absolute atomic E-state index is 12.1. The van der Waals surface area contributed by atoms with Gasteiger partial charge >= 0.3 is 5.82 Å². The van der Waals surface area contributed by atoms with Crippen LogP contribution in [0.2, 0.25) is 5.02 Å². The SMILES string of the molecule is COc1ccc(NC(=O)Cn2nc([N+](=O)[O-])c(Cl)c2C)c([N+](=O)[O-])c1. The minimum Gasteiger partial charge on any atom is -0.496 e. The number of nitrogens with zero attached hydrogens (tertiary/aromatic N) is 4. The van der Waals surface area contributed by atoms with Crippen LogP contribution in [0.15, 0.2) is 18.2 Å². The highest BCUT2D eigenvalue weighted by Gasteiger charge is 2.25. The summed E-state index contributed by atoms with van der Waals surface area (Å²) in [7, 11) is 1.36. The smallest absolute Gasteiger partial charge is 0.408 e. The van der Waals surface area contributed by atoms with E-state index >= 15 is 0 Å². The second kappa shape index (κ2) is 7.13. The van der Waals surface area contributed by atoms with Crippen LogP contribution in [0.1, 0.15) is 5.69 Å². The maximum Gasteiger partial charge on any atom is 0.408 e. The van der Waals surface area contributed by atoms with Crippen LogP contribution in [-0.4, -0.2) is 32.6 Å². The minimum atomic E-state index is -0.766. The predicted molar refractivity (Wildman–Crippen MR) is 86.9 cm³/mol. The number of carbonyl (C=O) groups is 1. The Labute approximate surface area is 145 Å². The number of hydrogen-bond donors (Lipinski definition) is 1. The summed E-state index contributed by atoms with van der Waals surface area (Å²) in [6.45, 7) is 1.06. The van der Waals surface area contributed by atoms with Crippen molar-refractivity contribution in [3.8, 4) is 5.75 Å². The summed E-state index contributed by atoms with van der Waals surface area (Å²) in [5, 5.41) is 27.7. The topological polar surface area (TPSA) is 142 Å². The van der Waals surface area contributed by atoms with Gasteiger partial charge in [-0.3, -0.25) is 14.9 Å². The zero-order chi connectivity index (χ0) is 18.7. The summed E-state index contributed by atoms with van der Waals surface area (Å²) in [6, 6.07) is 3.93. The molecule has 25 heavy (non-hydrogen) atoms. The van der Waals surface area contributed by atoms with E-state index in [0.717, 1.165) is 10.7 Å². The van der Waals surface area contributed by atoms with Gasteiger partial charge < -0.3 is 20.2 Å². The molecule has 1 N–H and O–H groups in total. The third kappa shape index (κ3) is 3.83. The van der Waals surface area contributed by atoms with Crippen LogP contribution in [-0.2, 0) is 11.3 Å². The number of amides is 1. The Kier molecular flexibility index (Phi) is 5.17. The third-order valence-electron chi connectivity index (χ3n) is 3.26. The molecule has 0 bridgehead atoms. The Morgan fingerprint density at radius 3 is 2.56 bits per heavy atom. The van der Waals surface area contributed by atoms with E-state index < -0.39 is 28.1 Å². The van der Waals surface area contributed by atoms with Gasteiger partial charge in [0.05, 0.1) is 28.9 Å². The first kappa shape index (κ1) is 18.1. The number of nitrogens with one attached hydrogen (secondary N) is 1. The number of nitro groups is 2. The number of anilines is 1. The molecule has 0 saturated heterocycles. The molecule has 2 rings (SSSR count). The van der Waals surface area contributed by atoms with Gasteiger partial charge in [0.15, 0.2) is 5.02 Å². The summed E-state index contributed by atoms with van der Waals surface area (Å²) in [5.41, 5.74) is -0.164. The van der Waals surface area contributed by atoms with Crippen molar-refractivity contribution in [2.24, 2.45) is 0 Å². The van der Waals surface area contributed by atoms with E-state index in [2.05, 4.69) is 10.4 Å². The number of ether oxygens (including phenoxy) is 1. The summed E-state index contributed by atoms with van der Waals surface area (Å²) in [5.74, 6) is -0.970. The van der Waals surface area contributed by atoms with Crippen LogP contribution in [0, 0.1) is 27.2 Å². The van der Waals surface area contributed by atoms with Crippen molar-refractivity contribution in [1.82, 2.24) is 9.78 Å². The Morgan fingerprint density at radius 2 is 2.04 bits per heavy atom. The van der Waals surface area contributed by atoms with Gasteiger partial charge in [-0.25, -0.2) is 0 Å². The third-order valence-corrected chi connectivity index (χ3v) is 3.70. The maximum atomic E-state index is 12.1. The molecule has 1 amide bonds. The van der Waals surface area contributed by atoms with Crippen molar-refractivity contribution < 1.29 is 19.4 Å². The van der Waals surface area contributed by atoms with E-state index in [-0.39, 0.29) is 27.8 Å². The monoisotopic (exact) mass is 369 g/mol. The first-order valence-corrected chi connectivity index (χ1v) is 7.12. The average Bonchev–Trinajstić information content (AvgIpc) is 2.83. The molecular formula is C13H12ClN5O6. The van der Waals surface area contributed by atoms with Gasteiger partial charge in [-0.1, -0.05) is 11.6 Å². The standard InChI is InChI=1S/C13H12ClN5O6/c1-7-12(14)13(19(23)24)16-17(7)6-11(20)15-9-4-3-8(25-2)5-10(9)18(21)22/h3-5H,6H2,1-2H3,(H,15,20). The number of rotatable bonds is 6. The normalized spacial score (nSPS) is 10.4. The summed E-state index contributed by atoms with van der Waals surface area (Å²) < 4.78 is 5.95. The Hall–Kier alpha value is -3.21. The molecule has 132 valence electrons. The predicted octanol–water partition coefficient (Wildman–Crippen LogP) is 2.31. The van der Waals surface area contributed by atoms with Gasteiger partial charge in [-0.15, -0.1) is 0 Å². The molecule has 2 aromatic rings. The number of halogens is 1. The Balaban J connectivity index is 2.23. The van der Waals surface area contributed by atoms with Gasteiger partial charge in [-0.2, -0.15) is 4.68 Å². The fourth-order valence-electron chi connectivity index (χ4n) is 2.00. The van der Waals surface area contributed by atoms with Gasteiger partial charge in [0.25, 0.3) is 5.69 Å². The summed E-state index contributed by atoms with van der Waals surface area (Å²) in [6.07, 6.45) is 0. The average molecular weight is 370 g/mol. The number of carbonyl (C=O) groups excluding carboxylic acids is 1. The zero-order valence-corrected chi connectivity index (χ0v) is 13.8. The number of aromatic nitrogens is 2. The molecule has 0 saturated carbocycles. The molecule has 12 heteroatoms. The Bertz CT molecular complexity index is 865. The second-order valence-corrected chi connectivity index (χ2v) is 5.20. The molecule has 0 unspecified atom stereocenters. The molecule has 0 aliphatic heterocycles. The van der Waals surface area contributed by atoms with E-state index in [4.69, 9.17) is 16.3 Å². The molecule has 1 aromatic carbocycles. The van der Waals surface area contributed by atoms with Crippen LogP contribution in [0.25, 0.3) is 0 Å². The lowest BCUT2D eigenvalue weighted by molar-refractivity contribution is -0.389. The van der Waals surface area contributed by atoms with Crippen LogP contribution in [0.5, 0.6) is 5.75 Å². The molecular weight excluding hydrogens is 358 g/mol. The lowest BCUT2D eigenvalue weighted by Gasteiger charge is -2.07. The lowest BCUT2D eigenvalue weighted by atomic mass is 10.2. The minimum absolute atomic E-state index is 0.0406. The highest BCUT2D eigenvalue weighted by atomic mass is 35.5. The molecule has 11 nitrogen and oxygen atoms in total. The van der Waals surface area contributed by atoms with E-state index in [1.165, 1.54) is 26.2 Å². The molecule has 0 atom stereocenters. The lowest BCUT2D eigenvalue weighted by Crippen LogP contribution is -2.21. The molecule has 0 fully saturated rings. The molecule has 0 spiro atoms. The first-order valence-electron chi connectivity index (χ1n) is 6.74. The van der Waals surface area contributed by atoms with Gasteiger partial charge in [0, 0.05) is 0 Å². The quantitative estimate of drug-likeness (QED) is 0.607. The van der Waals surface area contributed by atoms with Crippen LogP contribution >= 0.6 is 11.6 Å². The first-order chi connectivity index (χ1) is 11.7. The number of methoxy groups -OCH3 is 1. The molecule has 0 aliphatic carbocycles. The summed E-state index contributed by atoms with van der Waals surface area (Å²) >= 11 is 5.79. The Morgan fingerprint density at radius 1 is 1.36 bits per heavy atom. The highest BCUT2D eigenvalue weighted by Crippen LogP contribution is 2.29. The fourth-order valence-corrected chi connectivity index (χ4v) is 2.20. The van der Waals surface area contributed by atoms with Crippen molar-refractivity contribution in [3.05, 3.63) is 49.1 Å². The van der Waals surface area contributed by atoms with Gasteiger partial charge in [0.1, 0.15) is 18.0 Å². The molecule has 1 heterocycles. The van der Waals surface area contributed by atoms with E-state index in [1.54, 1.807) is 0 Å². The van der Waals surface area contributed by atoms with E-state index in [1.807, 2.05) is 0 Å². The summed E-state index contributed by atoms with van der Waals surface area (Å²) in [4.78, 5) is 32.6. The number of nitro benzene ring substituents is 1. The van der Waals surface area contributed by atoms with Gasteiger partial charge in [0.2, 0.25) is 5.91 Å². The van der Waals surface area contributed by atoms with Crippen molar-refractivity contribution in [2.75, 3.05) is 12.4 Å². The van der Waals surface area contributed by atoms with Crippen molar-refractivity contribution in [2.45, 2.75) is 13.5 Å². The number of hydrogen-bond acceptors (Lipinski definition) is 7. The number of benzene rings is 1. The fraction of sp³-hybridized carbons (Fsp3) is 0.231. The second-order valence-electron chi connectivity index (χ2n) is 4.83. The van der Waals surface area contributed by atoms with E-state index in [0.29, 0.717) is 0 Å². The molecule has 0 aliphatic rings. The van der Waals surface area contributed by atoms with Crippen molar-refractivity contribution >= 4 is 34.7 Å². The van der Waals surface area contributed by atoms with Gasteiger partial charge in [-0.05, 0) is 24.0 Å². The molecule has 1 aromatic heterocycles. The van der Waals surface area contributed by atoms with E-state index in [9.17, 15) is 25.0 Å². The molecule has 0 radical (unpaired) electrons. The highest BCUT2D eigenvalue weighted by molar-refractivity contribution is 6.33. The largest absolute Gasteiger partial charge is 0.496 e. The van der Waals surface area contributed by atoms with Crippen molar-refractivity contribution in [3.63, 3.8) is 0 Å². The van der Waals surface area contributed by atoms with Crippen LogP contribution in [0.3, 0.4) is 0 Å². The van der Waals surface area contributed by atoms with Crippen LogP contribution in [0.4, 0.5) is 17.2 Å². The zero-order valence-electron chi connectivity index (χ0n) is 13.1.